The van der Waals surface area contributed by atoms with Crippen molar-refractivity contribution in [2.75, 3.05) is 39.6 Å². The van der Waals surface area contributed by atoms with Gasteiger partial charge >= 0.3 is 6.03 Å². The Labute approximate surface area is 118 Å². The van der Waals surface area contributed by atoms with Crippen LogP contribution in [0.1, 0.15) is 10.4 Å². The van der Waals surface area contributed by atoms with Crippen LogP contribution in [-0.4, -0.2) is 51.1 Å². The van der Waals surface area contributed by atoms with Gasteiger partial charge in [-0.2, -0.15) is 0 Å². The van der Waals surface area contributed by atoms with E-state index in [-0.39, 0.29) is 11.9 Å². The Morgan fingerprint density at radius 1 is 1.40 bits per heavy atom. The third-order valence-electron chi connectivity index (χ3n) is 2.74. The van der Waals surface area contributed by atoms with Crippen molar-refractivity contribution in [1.29, 1.82) is 0 Å². The van der Waals surface area contributed by atoms with E-state index in [2.05, 4.69) is 10.6 Å². The van der Waals surface area contributed by atoms with Crippen molar-refractivity contribution in [1.82, 2.24) is 10.2 Å². The maximum absolute atomic E-state index is 11.9. The van der Waals surface area contributed by atoms with E-state index in [1.165, 1.54) is 12.0 Å². The van der Waals surface area contributed by atoms with Crippen LogP contribution in [0.25, 0.3) is 0 Å². The molecule has 0 atom stereocenters. The van der Waals surface area contributed by atoms with Crippen molar-refractivity contribution >= 4 is 17.6 Å². The Hall–Kier alpha value is -2.28. The molecule has 0 aliphatic carbocycles. The molecule has 0 unspecified atom stereocenters. The monoisotopic (exact) mass is 280 g/mol. The zero-order valence-corrected chi connectivity index (χ0v) is 11.9. The standard InChI is InChI=1S/C13H20N4O3/c1-15-12(18)9-4-5-10(11(8-9)20-3)16-13(19)17(2)7-6-14/h4-5,8H,6-7,14H2,1-3H3,(H,15,18)(H,16,19). The molecule has 1 aromatic carbocycles. The first kappa shape index (κ1) is 15.8. The summed E-state index contributed by atoms with van der Waals surface area (Å²) in [6.45, 7) is 0.834. The summed E-state index contributed by atoms with van der Waals surface area (Å²) in [5, 5.41) is 5.23. The average Bonchev–Trinajstić information content (AvgIpc) is 2.46. The highest BCUT2D eigenvalue weighted by Crippen LogP contribution is 2.25. The maximum Gasteiger partial charge on any atom is 0.321 e. The van der Waals surface area contributed by atoms with Gasteiger partial charge in [0.25, 0.3) is 5.91 Å². The fraction of sp³-hybridized carbons (Fsp3) is 0.385. The van der Waals surface area contributed by atoms with Crippen LogP contribution in [0.3, 0.4) is 0 Å². The van der Waals surface area contributed by atoms with Crippen LogP contribution in [-0.2, 0) is 0 Å². The van der Waals surface area contributed by atoms with Gasteiger partial charge in [-0.3, -0.25) is 4.79 Å². The first-order valence-electron chi connectivity index (χ1n) is 6.15. The largest absolute Gasteiger partial charge is 0.495 e. The number of urea groups is 1. The number of hydrogen-bond acceptors (Lipinski definition) is 4. The van der Waals surface area contributed by atoms with Gasteiger partial charge in [0.15, 0.2) is 0 Å². The van der Waals surface area contributed by atoms with Gasteiger partial charge in [0.1, 0.15) is 5.75 Å². The number of nitrogens with two attached hydrogens (primary N) is 1. The van der Waals surface area contributed by atoms with Crippen LogP contribution < -0.4 is 21.1 Å². The number of methoxy groups -OCH3 is 1. The number of nitrogens with one attached hydrogen (secondary N) is 2. The summed E-state index contributed by atoms with van der Waals surface area (Å²) >= 11 is 0. The molecule has 0 saturated carbocycles. The number of benzene rings is 1. The van der Waals surface area contributed by atoms with Gasteiger partial charge in [-0.1, -0.05) is 0 Å². The molecule has 0 spiro atoms. The minimum atomic E-state index is -0.290. The van der Waals surface area contributed by atoms with Gasteiger partial charge in [0.2, 0.25) is 0 Å². The van der Waals surface area contributed by atoms with Crippen LogP contribution in [0, 0.1) is 0 Å². The molecule has 1 rings (SSSR count). The lowest BCUT2D eigenvalue weighted by molar-refractivity contribution is 0.0963. The predicted molar refractivity (Wildman–Crippen MR) is 77.1 cm³/mol. The van der Waals surface area contributed by atoms with Gasteiger partial charge in [-0.25, -0.2) is 4.79 Å². The Balaban J connectivity index is 2.90. The van der Waals surface area contributed by atoms with Crippen molar-refractivity contribution in [3.8, 4) is 5.75 Å². The lowest BCUT2D eigenvalue weighted by Crippen LogP contribution is -2.35. The third-order valence-corrected chi connectivity index (χ3v) is 2.74. The van der Waals surface area contributed by atoms with E-state index in [1.807, 2.05) is 0 Å². The predicted octanol–water partition coefficient (Wildman–Crippen LogP) is 0.477. The van der Waals surface area contributed by atoms with Crippen molar-refractivity contribution in [2.45, 2.75) is 0 Å². The van der Waals surface area contributed by atoms with E-state index in [0.717, 1.165) is 0 Å². The van der Waals surface area contributed by atoms with Crippen LogP contribution in [0.4, 0.5) is 10.5 Å². The number of rotatable bonds is 5. The Morgan fingerprint density at radius 2 is 2.10 bits per heavy atom. The lowest BCUT2D eigenvalue weighted by atomic mass is 10.1. The van der Waals surface area contributed by atoms with Crippen LogP contribution in [0.5, 0.6) is 5.75 Å². The first-order valence-corrected chi connectivity index (χ1v) is 6.15. The number of likely N-dealkylation sites (N-methyl/N-ethyl adjacent to an activating group) is 1. The first-order chi connectivity index (χ1) is 9.53. The smallest absolute Gasteiger partial charge is 0.321 e. The second-order valence-corrected chi connectivity index (χ2v) is 4.13. The fourth-order valence-corrected chi connectivity index (χ4v) is 1.59. The second-order valence-electron chi connectivity index (χ2n) is 4.13. The summed E-state index contributed by atoms with van der Waals surface area (Å²) in [5.74, 6) is 0.196. The Kier molecular flexibility index (Phi) is 5.79. The molecule has 0 saturated heterocycles. The fourth-order valence-electron chi connectivity index (χ4n) is 1.59. The van der Waals surface area contributed by atoms with Crippen molar-refractivity contribution in [3.05, 3.63) is 23.8 Å². The molecule has 7 heteroatoms. The highest BCUT2D eigenvalue weighted by atomic mass is 16.5. The van der Waals surface area contributed by atoms with Crippen molar-refractivity contribution in [3.63, 3.8) is 0 Å². The number of hydrogen-bond donors (Lipinski definition) is 3. The molecule has 0 radical (unpaired) electrons. The quantitative estimate of drug-likeness (QED) is 0.730. The summed E-state index contributed by atoms with van der Waals surface area (Å²) < 4.78 is 5.18. The van der Waals surface area contributed by atoms with E-state index in [1.54, 1.807) is 32.3 Å². The molecule has 0 heterocycles. The summed E-state index contributed by atoms with van der Waals surface area (Å²) in [5.41, 5.74) is 6.34. The molecule has 4 N–H and O–H groups in total. The lowest BCUT2D eigenvalue weighted by Gasteiger charge is -2.18. The molecule has 1 aromatic rings. The molecule has 110 valence electrons. The highest BCUT2D eigenvalue weighted by molar-refractivity contribution is 5.96. The van der Waals surface area contributed by atoms with E-state index >= 15 is 0 Å². The molecule has 7 nitrogen and oxygen atoms in total. The van der Waals surface area contributed by atoms with Crippen molar-refractivity contribution in [2.24, 2.45) is 5.73 Å². The molecule has 0 fully saturated rings. The van der Waals surface area contributed by atoms with Gasteiger partial charge < -0.3 is 26.0 Å². The molecule has 0 aliphatic rings. The molecule has 0 bridgehead atoms. The van der Waals surface area contributed by atoms with Crippen molar-refractivity contribution < 1.29 is 14.3 Å². The average molecular weight is 280 g/mol. The molecular weight excluding hydrogens is 260 g/mol. The molecule has 0 aromatic heterocycles. The number of ether oxygens (including phenoxy) is 1. The van der Waals surface area contributed by atoms with E-state index in [9.17, 15) is 9.59 Å². The van der Waals surface area contributed by atoms with Crippen LogP contribution in [0.15, 0.2) is 18.2 Å². The second kappa shape index (κ2) is 7.34. The topological polar surface area (TPSA) is 96.7 Å². The van der Waals surface area contributed by atoms with E-state index in [0.29, 0.717) is 30.1 Å². The molecule has 0 aliphatic heterocycles. The SMILES string of the molecule is CNC(=O)c1ccc(NC(=O)N(C)CCN)c(OC)c1. The van der Waals surface area contributed by atoms with E-state index < -0.39 is 0 Å². The number of anilines is 1. The summed E-state index contributed by atoms with van der Waals surface area (Å²) in [6, 6.07) is 4.51. The normalized spacial score (nSPS) is 9.80. The third kappa shape index (κ3) is 3.86. The van der Waals surface area contributed by atoms with Crippen LogP contribution in [0.2, 0.25) is 0 Å². The zero-order chi connectivity index (χ0) is 15.1. The van der Waals surface area contributed by atoms with Gasteiger partial charge in [0.05, 0.1) is 12.8 Å². The Morgan fingerprint density at radius 3 is 2.65 bits per heavy atom. The van der Waals surface area contributed by atoms with Gasteiger partial charge in [-0.15, -0.1) is 0 Å². The van der Waals surface area contributed by atoms with E-state index in [4.69, 9.17) is 10.5 Å². The Bertz CT molecular complexity index is 491. The van der Waals surface area contributed by atoms with Crippen LogP contribution >= 0.6 is 0 Å². The summed E-state index contributed by atoms with van der Waals surface area (Å²) in [7, 11) is 4.67. The summed E-state index contributed by atoms with van der Waals surface area (Å²) in [6.07, 6.45) is 0. The maximum atomic E-state index is 11.9. The van der Waals surface area contributed by atoms with Gasteiger partial charge in [0, 0.05) is 32.7 Å². The number of amides is 3. The minimum absolute atomic E-state index is 0.221. The summed E-state index contributed by atoms with van der Waals surface area (Å²) in [4.78, 5) is 24.9. The number of carbonyl (C=O) groups is 2. The minimum Gasteiger partial charge on any atom is -0.495 e. The highest BCUT2D eigenvalue weighted by Gasteiger charge is 2.13. The molecule has 3 amide bonds. The number of nitrogens with zero attached hydrogens (tertiary/aromatic N) is 1. The van der Waals surface area contributed by atoms with Gasteiger partial charge in [-0.05, 0) is 18.2 Å². The number of carbonyl (C=O) groups excluding carboxylic acids is 2. The molecule has 20 heavy (non-hydrogen) atoms. The zero-order valence-electron chi connectivity index (χ0n) is 11.9. The molecular formula is C13H20N4O3.